The normalized spacial score (nSPS) is 11.0. The number of rotatable bonds is 5. The fraction of sp³-hybridized carbons (Fsp3) is 0.182. The number of aromatic nitrogens is 3. The standard InChI is InChI=1S/C22H19N3O4S/c1-11-17(13(3)26)12(2)23-19(11)22(28)29-9-16-24-20(27)18-15(10-30-21(18)25-16)14-7-5-4-6-8-14/h4-8,10,23H,9H2,1-3H3,(H,24,25,27). The first-order valence-corrected chi connectivity index (χ1v) is 10.2. The van der Waals surface area contributed by atoms with E-state index in [9.17, 15) is 14.4 Å². The van der Waals surface area contributed by atoms with Gasteiger partial charge in [0.15, 0.2) is 5.78 Å². The molecule has 8 heteroatoms. The Kier molecular flexibility index (Phi) is 5.09. The minimum atomic E-state index is -0.609. The number of ether oxygens (including phenoxy) is 1. The number of aryl methyl sites for hydroxylation is 1. The molecule has 0 bridgehead atoms. The molecule has 0 saturated heterocycles. The highest BCUT2D eigenvalue weighted by Crippen LogP contribution is 2.30. The van der Waals surface area contributed by atoms with E-state index < -0.39 is 5.97 Å². The van der Waals surface area contributed by atoms with Crippen LogP contribution in [-0.2, 0) is 11.3 Å². The van der Waals surface area contributed by atoms with Crippen LogP contribution < -0.4 is 5.56 Å². The molecule has 3 heterocycles. The van der Waals surface area contributed by atoms with E-state index in [0.29, 0.717) is 27.0 Å². The Labute approximate surface area is 175 Å². The van der Waals surface area contributed by atoms with Gasteiger partial charge < -0.3 is 14.7 Å². The van der Waals surface area contributed by atoms with Gasteiger partial charge in [0.25, 0.3) is 5.56 Å². The van der Waals surface area contributed by atoms with Crippen molar-refractivity contribution in [2.75, 3.05) is 0 Å². The summed E-state index contributed by atoms with van der Waals surface area (Å²) in [5, 5.41) is 2.41. The minimum Gasteiger partial charge on any atom is -0.453 e. The van der Waals surface area contributed by atoms with E-state index in [1.54, 1.807) is 13.8 Å². The summed E-state index contributed by atoms with van der Waals surface area (Å²) in [5.41, 5.74) is 3.36. The van der Waals surface area contributed by atoms with Gasteiger partial charge in [-0.25, -0.2) is 9.78 Å². The lowest BCUT2D eigenvalue weighted by molar-refractivity contribution is 0.0455. The number of nitrogens with zero attached hydrogens (tertiary/aromatic N) is 1. The number of thiophene rings is 1. The number of benzene rings is 1. The predicted octanol–water partition coefficient (Wildman–Crippen LogP) is 4.16. The molecule has 0 unspecified atom stereocenters. The number of hydrogen-bond acceptors (Lipinski definition) is 6. The summed E-state index contributed by atoms with van der Waals surface area (Å²) in [6.45, 7) is 4.69. The molecular formula is C22H19N3O4S. The van der Waals surface area contributed by atoms with Gasteiger partial charge in [-0.1, -0.05) is 30.3 Å². The van der Waals surface area contributed by atoms with Gasteiger partial charge in [-0.2, -0.15) is 0 Å². The third-order valence-electron chi connectivity index (χ3n) is 4.91. The van der Waals surface area contributed by atoms with E-state index in [2.05, 4.69) is 15.0 Å². The molecule has 7 nitrogen and oxygen atoms in total. The molecular weight excluding hydrogens is 402 g/mol. The molecule has 152 valence electrons. The summed E-state index contributed by atoms with van der Waals surface area (Å²) in [6.07, 6.45) is 0. The molecule has 30 heavy (non-hydrogen) atoms. The zero-order valence-electron chi connectivity index (χ0n) is 16.7. The summed E-state index contributed by atoms with van der Waals surface area (Å²) in [5.74, 6) is -0.472. The lowest BCUT2D eigenvalue weighted by Crippen LogP contribution is -2.14. The maximum atomic E-state index is 12.7. The van der Waals surface area contributed by atoms with Crippen molar-refractivity contribution in [3.8, 4) is 11.1 Å². The zero-order valence-corrected chi connectivity index (χ0v) is 17.5. The lowest BCUT2D eigenvalue weighted by Gasteiger charge is -2.05. The molecule has 3 aromatic heterocycles. The number of hydrogen-bond donors (Lipinski definition) is 2. The highest BCUT2D eigenvalue weighted by Gasteiger charge is 2.21. The van der Waals surface area contributed by atoms with Crippen molar-refractivity contribution in [2.24, 2.45) is 0 Å². The second-order valence-corrected chi connectivity index (χ2v) is 7.82. The number of Topliss-reactive ketones (excluding diaryl/α,β-unsaturated/α-hetero) is 1. The third kappa shape index (κ3) is 3.46. The Morgan fingerprint density at radius 1 is 1.13 bits per heavy atom. The largest absolute Gasteiger partial charge is 0.453 e. The van der Waals surface area contributed by atoms with Crippen molar-refractivity contribution in [1.29, 1.82) is 0 Å². The first-order chi connectivity index (χ1) is 14.4. The molecule has 0 aliphatic rings. The van der Waals surface area contributed by atoms with Gasteiger partial charge in [0.2, 0.25) is 0 Å². The predicted molar refractivity (Wildman–Crippen MR) is 115 cm³/mol. The lowest BCUT2D eigenvalue weighted by atomic mass is 10.1. The first kappa shape index (κ1) is 19.8. The molecule has 1 aromatic carbocycles. The Morgan fingerprint density at radius 3 is 2.53 bits per heavy atom. The molecule has 0 fully saturated rings. The van der Waals surface area contributed by atoms with Crippen LogP contribution in [0.2, 0.25) is 0 Å². The minimum absolute atomic E-state index is 0.122. The van der Waals surface area contributed by atoms with Crippen LogP contribution in [0.25, 0.3) is 21.3 Å². The second kappa shape index (κ2) is 7.72. The third-order valence-corrected chi connectivity index (χ3v) is 5.78. The highest BCUT2D eigenvalue weighted by molar-refractivity contribution is 7.17. The number of H-pyrrole nitrogens is 2. The van der Waals surface area contributed by atoms with E-state index >= 15 is 0 Å². The van der Waals surface area contributed by atoms with Crippen LogP contribution in [0.3, 0.4) is 0 Å². The van der Waals surface area contributed by atoms with Crippen molar-refractivity contribution >= 4 is 33.3 Å². The van der Waals surface area contributed by atoms with E-state index in [0.717, 1.165) is 11.1 Å². The van der Waals surface area contributed by atoms with E-state index in [4.69, 9.17) is 4.74 Å². The maximum absolute atomic E-state index is 12.7. The van der Waals surface area contributed by atoms with Crippen LogP contribution in [0.15, 0.2) is 40.5 Å². The summed E-state index contributed by atoms with van der Waals surface area (Å²) in [6, 6.07) is 9.62. The summed E-state index contributed by atoms with van der Waals surface area (Å²) >= 11 is 1.36. The molecule has 4 aromatic rings. The number of aromatic amines is 2. The SMILES string of the molecule is CC(=O)c1c(C)[nH]c(C(=O)OCc2nc3scc(-c4ccccc4)c3c(=O)[nH]2)c1C. The van der Waals surface area contributed by atoms with Gasteiger partial charge in [-0.05, 0) is 31.9 Å². The fourth-order valence-corrected chi connectivity index (χ4v) is 4.55. The van der Waals surface area contributed by atoms with Crippen LogP contribution in [0.5, 0.6) is 0 Å². The van der Waals surface area contributed by atoms with E-state index in [1.165, 1.54) is 18.3 Å². The van der Waals surface area contributed by atoms with E-state index in [1.807, 2.05) is 35.7 Å². The highest BCUT2D eigenvalue weighted by atomic mass is 32.1. The number of fused-ring (bicyclic) bond motifs is 1. The smallest absolute Gasteiger partial charge is 0.355 e. The monoisotopic (exact) mass is 421 g/mol. The van der Waals surface area contributed by atoms with Crippen LogP contribution in [-0.4, -0.2) is 26.7 Å². The quantitative estimate of drug-likeness (QED) is 0.372. The molecule has 0 spiro atoms. The second-order valence-electron chi connectivity index (χ2n) is 6.97. The summed E-state index contributed by atoms with van der Waals surface area (Å²) in [4.78, 5) is 47.5. The molecule has 0 aliphatic heterocycles. The van der Waals surface area contributed by atoms with Crippen LogP contribution in [0.1, 0.15) is 44.9 Å². The molecule has 2 N–H and O–H groups in total. The summed E-state index contributed by atoms with van der Waals surface area (Å²) in [7, 11) is 0. The van der Waals surface area contributed by atoms with Gasteiger partial charge in [-0.15, -0.1) is 11.3 Å². The average molecular weight is 421 g/mol. The number of esters is 1. The van der Waals surface area contributed by atoms with Gasteiger partial charge in [-0.3, -0.25) is 9.59 Å². The topological polar surface area (TPSA) is 105 Å². The van der Waals surface area contributed by atoms with Gasteiger partial charge in [0, 0.05) is 22.2 Å². The zero-order chi connectivity index (χ0) is 21.4. The van der Waals surface area contributed by atoms with Crippen molar-refractivity contribution in [2.45, 2.75) is 27.4 Å². The van der Waals surface area contributed by atoms with Crippen molar-refractivity contribution in [1.82, 2.24) is 15.0 Å². The number of nitrogens with one attached hydrogen (secondary N) is 2. The number of carbonyl (C=O) groups is 2. The van der Waals surface area contributed by atoms with Crippen LogP contribution in [0, 0.1) is 13.8 Å². The number of ketones is 1. The van der Waals surface area contributed by atoms with Crippen LogP contribution >= 0.6 is 11.3 Å². The first-order valence-electron chi connectivity index (χ1n) is 9.30. The summed E-state index contributed by atoms with van der Waals surface area (Å²) < 4.78 is 5.33. The molecule has 0 saturated carbocycles. The molecule has 0 atom stereocenters. The van der Waals surface area contributed by atoms with Crippen molar-refractivity contribution in [3.63, 3.8) is 0 Å². The molecule has 0 radical (unpaired) electrons. The Balaban J connectivity index is 1.58. The Hall–Kier alpha value is -3.52. The van der Waals surface area contributed by atoms with Crippen LogP contribution in [0.4, 0.5) is 0 Å². The number of carbonyl (C=O) groups excluding carboxylic acids is 2. The van der Waals surface area contributed by atoms with Gasteiger partial charge in [0.05, 0.1) is 5.39 Å². The Morgan fingerprint density at radius 2 is 1.87 bits per heavy atom. The molecule has 0 aliphatic carbocycles. The average Bonchev–Trinajstić information content (AvgIpc) is 3.27. The van der Waals surface area contributed by atoms with Crippen molar-refractivity contribution in [3.05, 3.63) is 74.4 Å². The molecule has 0 amide bonds. The van der Waals surface area contributed by atoms with Gasteiger partial charge >= 0.3 is 5.97 Å². The maximum Gasteiger partial charge on any atom is 0.355 e. The molecule has 4 rings (SSSR count). The van der Waals surface area contributed by atoms with Gasteiger partial charge in [0.1, 0.15) is 23.0 Å². The fourth-order valence-electron chi connectivity index (χ4n) is 3.58. The Bertz CT molecular complexity index is 1330. The van der Waals surface area contributed by atoms with E-state index in [-0.39, 0.29) is 29.5 Å². The van der Waals surface area contributed by atoms with Crippen molar-refractivity contribution < 1.29 is 14.3 Å².